The van der Waals surface area contributed by atoms with Crippen molar-refractivity contribution in [3.05, 3.63) is 29.8 Å². The lowest BCUT2D eigenvalue weighted by molar-refractivity contribution is 0.372. The van der Waals surface area contributed by atoms with Gasteiger partial charge in [-0.3, -0.25) is 0 Å². The van der Waals surface area contributed by atoms with E-state index in [2.05, 4.69) is 11.1 Å². The number of aryl methyl sites for hydroxylation is 1. The molecule has 0 aliphatic rings. The first-order chi connectivity index (χ1) is 9.51. The molecule has 0 aliphatic carbocycles. The number of hydrogen-bond acceptors (Lipinski definition) is 4. The molecule has 0 spiro atoms. The molecule has 0 saturated carbocycles. The van der Waals surface area contributed by atoms with E-state index in [-0.39, 0.29) is 5.75 Å². The second-order valence-corrected chi connectivity index (χ2v) is 5.99. The Morgan fingerprint density at radius 1 is 0.950 bits per heavy atom. The second kappa shape index (κ2) is 8.97. The summed E-state index contributed by atoms with van der Waals surface area (Å²) in [5.74, 6) is 0.0725. The van der Waals surface area contributed by atoms with Gasteiger partial charge in [0.1, 0.15) is 5.75 Å². The van der Waals surface area contributed by atoms with Crippen LogP contribution < -0.4 is 4.18 Å². The van der Waals surface area contributed by atoms with Crippen LogP contribution in [0.25, 0.3) is 0 Å². The predicted octanol–water partition coefficient (Wildman–Crippen LogP) is 3.82. The predicted molar refractivity (Wildman–Crippen MR) is 78.5 cm³/mol. The zero-order chi connectivity index (χ0) is 14.8. The molecule has 0 N–H and O–H groups in total. The molecule has 5 heteroatoms. The van der Waals surface area contributed by atoms with Crippen molar-refractivity contribution in [2.45, 2.75) is 58.3 Å². The molecule has 0 radical (unpaired) electrons. The van der Waals surface area contributed by atoms with E-state index in [1.165, 1.54) is 50.7 Å². The van der Waals surface area contributed by atoms with Crippen LogP contribution in [-0.2, 0) is 16.8 Å². The monoisotopic (exact) mass is 299 g/mol. The summed E-state index contributed by atoms with van der Waals surface area (Å²) in [5.41, 5.74) is 1.13. The molecule has 4 nitrogen and oxygen atoms in total. The number of hydrogen-bond donors (Lipinski definition) is 0. The molecule has 0 saturated heterocycles. The fourth-order valence-electron chi connectivity index (χ4n) is 2.12. The van der Waals surface area contributed by atoms with Gasteiger partial charge >= 0.3 is 0 Å². The quantitative estimate of drug-likeness (QED) is 0.374. The number of rotatable bonds is 10. The van der Waals surface area contributed by atoms with Crippen molar-refractivity contribution < 1.29 is 17.2 Å². The van der Waals surface area contributed by atoms with Crippen LogP contribution in [0.1, 0.15) is 57.4 Å². The molecule has 0 amide bonds. The Labute approximate surface area is 122 Å². The SMILES string of the molecule is CCCCCCCCCc1ccc(OS(=O)(=O)[O-])cc1. The van der Waals surface area contributed by atoms with Crippen molar-refractivity contribution in [1.29, 1.82) is 0 Å². The Hall–Kier alpha value is -1.07. The third kappa shape index (κ3) is 8.17. The summed E-state index contributed by atoms with van der Waals surface area (Å²) < 4.78 is 35.5. The van der Waals surface area contributed by atoms with Crippen LogP contribution in [-0.4, -0.2) is 13.0 Å². The molecule has 1 aromatic carbocycles. The van der Waals surface area contributed by atoms with E-state index in [0.29, 0.717) is 0 Å². The molecule has 0 atom stereocenters. The highest BCUT2D eigenvalue weighted by Crippen LogP contribution is 2.16. The Kier molecular flexibility index (Phi) is 7.62. The molecule has 0 bridgehead atoms. The summed E-state index contributed by atoms with van der Waals surface area (Å²) in [6.07, 6.45) is 9.82. The van der Waals surface area contributed by atoms with Gasteiger partial charge in [-0.25, -0.2) is 8.42 Å². The van der Waals surface area contributed by atoms with Crippen LogP contribution in [0.15, 0.2) is 24.3 Å². The van der Waals surface area contributed by atoms with Gasteiger partial charge < -0.3 is 8.74 Å². The Bertz CT molecular complexity index is 465. The Balaban J connectivity index is 2.21. The van der Waals surface area contributed by atoms with Crippen molar-refractivity contribution >= 4 is 10.4 Å². The maximum Gasteiger partial charge on any atom is 0.262 e. The van der Waals surface area contributed by atoms with Crippen LogP contribution in [0.3, 0.4) is 0 Å². The normalized spacial score (nSPS) is 11.5. The average Bonchev–Trinajstić information content (AvgIpc) is 2.38. The van der Waals surface area contributed by atoms with Gasteiger partial charge in [0.05, 0.1) is 0 Å². The second-order valence-electron chi connectivity index (χ2n) is 5.01. The molecule has 0 aliphatic heterocycles. The van der Waals surface area contributed by atoms with Crippen molar-refractivity contribution in [3.8, 4) is 5.75 Å². The molecule has 1 rings (SSSR count). The van der Waals surface area contributed by atoms with Gasteiger partial charge in [0, 0.05) is 0 Å². The Morgan fingerprint density at radius 2 is 1.50 bits per heavy atom. The molecule has 0 aromatic heterocycles. The standard InChI is InChI=1S/C15H24O4S/c1-2-3-4-5-6-7-8-9-14-10-12-15(13-11-14)19-20(16,17)18/h10-13H,2-9H2,1H3,(H,16,17,18)/p-1. The Morgan fingerprint density at radius 3 is 2.05 bits per heavy atom. The summed E-state index contributed by atoms with van der Waals surface area (Å²) in [6, 6.07) is 6.65. The third-order valence-corrected chi connectivity index (χ3v) is 3.59. The molecule has 1 aromatic rings. The minimum absolute atomic E-state index is 0.0725. The minimum Gasteiger partial charge on any atom is -0.716 e. The maximum atomic E-state index is 10.4. The van der Waals surface area contributed by atoms with E-state index in [4.69, 9.17) is 0 Å². The van der Waals surface area contributed by atoms with Gasteiger partial charge in [-0.1, -0.05) is 57.6 Å². The molecule has 20 heavy (non-hydrogen) atoms. The molecule has 0 heterocycles. The highest BCUT2D eigenvalue weighted by molar-refractivity contribution is 7.81. The fourth-order valence-corrected chi connectivity index (χ4v) is 2.46. The summed E-state index contributed by atoms with van der Waals surface area (Å²) in [4.78, 5) is 0. The third-order valence-electron chi connectivity index (χ3n) is 3.19. The molecular formula is C15H23O4S-. The van der Waals surface area contributed by atoms with Crippen LogP contribution in [0.2, 0.25) is 0 Å². The van der Waals surface area contributed by atoms with Crippen molar-refractivity contribution in [2.75, 3.05) is 0 Å². The van der Waals surface area contributed by atoms with Crippen molar-refractivity contribution in [3.63, 3.8) is 0 Å². The first-order valence-electron chi connectivity index (χ1n) is 7.25. The van der Waals surface area contributed by atoms with Crippen LogP contribution in [0.4, 0.5) is 0 Å². The lowest BCUT2D eigenvalue weighted by Gasteiger charge is -2.09. The molecule has 114 valence electrons. The van der Waals surface area contributed by atoms with E-state index in [1.54, 1.807) is 12.1 Å². The average molecular weight is 299 g/mol. The largest absolute Gasteiger partial charge is 0.716 e. The van der Waals surface area contributed by atoms with E-state index in [0.717, 1.165) is 18.4 Å². The summed E-state index contributed by atoms with van der Waals surface area (Å²) >= 11 is 0. The van der Waals surface area contributed by atoms with Gasteiger partial charge in [-0.15, -0.1) is 0 Å². The van der Waals surface area contributed by atoms with E-state index in [9.17, 15) is 13.0 Å². The van der Waals surface area contributed by atoms with Crippen molar-refractivity contribution in [2.24, 2.45) is 0 Å². The number of unbranched alkanes of at least 4 members (excludes halogenated alkanes) is 6. The highest BCUT2D eigenvalue weighted by atomic mass is 32.3. The highest BCUT2D eigenvalue weighted by Gasteiger charge is 2.00. The van der Waals surface area contributed by atoms with Gasteiger partial charge in [-0.05, 0) is 30.5 Å². The summed E-state index contributed by atoms with van der Waals surface area (Å²) in [5, 5.41) is 0. The van der Waals surface area contributed by atoms with E-state index in [1.807, 2.05) is 0 Å². The van der Waals surface area contributed by atoms with Crippen molar-refractivity contribution in [1.82, 2.24) is 0 Å². The van der Waals surface area contributed by atoms with E-state index >= 15 is 0 Å². The lowest BCUT2D eigenvalue weighted by Crippen LogP contribution is -2.06. The van der Waals surface area contributed by atoms with Gasteiger partial charge in [0.15, 0.2) is 0 Å². The van der Waals surface area contributed by atoms with Crippen LogP contribution in [0.5, 0.6) is 5.75 Å². The topological polar surface area (TPSA) is 66.4 Å². The smallest absolute Gasteiger partial charge is 0.262 e. The summed E-state index contributed by atoms with van der Waals surface area (Å²) in [7, 11) is -4.67. The summed E-state index contributed by atoms with van der Waals surface area (Å²) in [6.45, 7) is 2.21. The lowest BCUT2D eigenvalue weighted by atomic mass is 10.0. The number of benzene rings is 1. The van der Waals surface area contributed by atoms with Gasteiger partial charge in [0.25, 0.3) is 10.4 Å². The molecular weight excluding hydrogens is 276 g/mol. The van der Waals surface area contributed by atoms with E-state index < -0.39 is 10.4 Å². The molecule has 0 unspecified atom stereocenters. The zero-order valence-electron chi connectivity index (χ0n) is 12.0. The zero-order valence-corrected chi connectivity index (χ0v) is 12.8. The van der Waals surface area contributed by atoms with Crippen LogP contribution >= 0.6 is 0 Å². The van der Waals surface area contributed by atoms with Crippen LogP contribution in [0, 0.1) is 0 Å². The maximum absolute atomic E-state index is 10.4. The van der Waals surface area contributed by atoms with Gasteiger partial charge in [-0.2, -0.15) is 0 Å². The first-order valence-corrected chi connectivity index (χ1v) is 8.59. The first kappa shape index (κ1) is 17.0. The minimum atomic E-state index is -4.67. The fraction of sp³-hybridized carbons (Fsp3) is 0.600. The molecule has 0 fully saturated rings. The van der Waals surface area contributed by atoms with Gasteiger partial charge in [0.2, 0.25) is 0 Å².